The van der Waals surface area contributed by atoms with E-state index < -0.39 is 0 Å². The number of nitrogens with one attached hydrogen (secondary N) is 1. The largest absolute Gasteiger partial charge is 0.322 e. The highest BCUT2D eigenvalue weighted by Crippen LogP contribution is 2.33. The molecule has 1 N–H and O–H groups in total. The van der Waals surface area contributed by atoms with Crippen molar-refractivity contribution in [1.29, 1.82) is 0 Å². The average Bonchev–Trinajstić information content (AvgIpc) is 3.25. The van der Waals surface area contributed by atoms with Gasteiger partial charge in [0.05, 0.1) is 23.3 Å². The predicted octanol–water partition coefficient (Wildman–Crippen LogP) is 5.77. The number of hydrogen-bond donors (Lipinski definition) is 1. The van der Waals surface area contributed by atoms with Crippen LogP contribution in [0.4, 0.5) is 5.69 Å². The minimum atomic E-state index is -0.113. The van der Waals surface area contributed by atoms with Gasteiger partial charge in [0.25, 0.3) is 5.91 Å². The molecule has 25 heavy (non-hydrogen) atoms. The third-order valence-electron chi connectivity index (χ3n) is 4.70. The minimum Gasteiger partial charge on any atom is -0.322 e. The minimum absolute atomic E-state index is 0.113. The quantitative estimate of drug-likeness (QED) is 0.455. The van der Waals surface area contributed by atoms with Gasteiger partial charge in [-0.3, -0.25) is 9.48 Å². The summed E-state index contributed by atoms with van der Waals surface area (Å²) < 4.78 is 4.13. The van der Waals surface area contributed by atoms with Crippen LogP contribution in [0.15, 0.2) is 47.1 Å². The van der Waals surface area contributed by atoms with Crippen LogP contribution >= 0.6 is 38.5 Å². The molecule has 0 bridgehead atoms. The van der Waals surface area contributed by atoms with E-state index in [0.717, 1.165) is 37.5 Å². The van der Waals surface area contributed by atoms with Crippen LogP contribution in [0.1, 0.15) is 42.1 Å². The number of benzene rings is 2. The zero-order valence-corrected chi connectivity index (χ0v) is 17.2. The van der Waals surface area contributed by atoms with Crippen molar-refractivity contribution in [2.24, 2.45) is 0 Å². The molecule has 1 aromatic heterocycles. The number of halogens is 2. The van der Waals surface area contributed by atoms with Gasteiger partial charge in [0.1, 0.15) is 0 Å². The third kappa shape index (κ3) is 3.46. The molecule has 3 aromatic rings. The second kappa shape index (κ2) is 7.07. The summed E-state index contributed by atoms with van der Waals surface area (Å²) in [6.45, 7) is 0. The van der Waals surface area contributed by atoms with Gasteiger partial charge in [-0.05, 0) is 71.8 Å². The normalized spacial score (nSPS) is 15.0. The molecule has 1 aliphatic carbocycles. The Morgan fingerprint density at radius 2 is 1.92 bits per heavy atom. The van der Waals surface area contributed by atoms with E-state index in [2.05, 4.69) is 59.7 Å². The van der Waals surface area contributed by atoms with Gasteiger partial charge in [-0.2, -0.15) is 5.10 Å². The first kappa shape index (κ1) is 17.0. The SMILES string of the molecule is O=C(Nc1ccc(I)cc1)c1cc(Br)cc2c1cnn2C1CCCC1. The fraction of sp³-hybridized carbons (Fsp3) is 0.263. The van der Waals surface area contributed by atoms with E-state index in [0.29, 0.717) is 11.6 Å². The van der Waals surface area contributed by atoms with Crippen molar-refractivity contribution in [1.82, 2.24) is 9.78 Å². The molecule has 2 aromatic carbocycles. The fourth-order valence-electron chi connectivity index (χ4n) is 3.47. The fourth-order valence-corrected chi connectivity index (χ4v) is 4.28. The summed E-state index contributed by atoms with van der Waals surface area (Å²) in [4.78, 5) is 12.8. The second-order valence-electron chi connectivity index (χ2n) is 6.37. The maximum absolute atomic E-state index is 12.8. The average molecular weight is 510 g/mol. The van der Waals surface area contributed by atoms with Gasteiger partial charge in [0.2, 0.25) is 0 Å². The molecule has 128 valence electrons. The monoisotopic (exact) mass is 509 g/mol. The highest BCUT2D eigenvalue weighted by Gasteiger charge is 2.22. The molecule has 1 aliphatic rings. The summed E-state index contributed by atoms with van der Waals surface area (Å²) >= 11 is 5.80. The van der Waals surface area contributed by atoms with E-state index in [9.17, 15) is 4.79 Å². The van der Waals surface area contributed by atoms with Crippen molar-refractivity contribution >= 4 is 61.0 Å². The molecule has 1 heterocycles. The lowest BCUT2D eigenvalue weighted by atomic mass is 10.1. The first-order chi connectivity index (χ1) is 12.1. The van der Waals surface area contributed by atoms with Gasteiger partial charge < -0.3 is 5.32 Å². The van der Waals surface area contributed by atoms with Gasteiger partial charge in [-0.15, -0.1) is 0 Å². The molecule has 6 heteroatoms. The van der Waals surface area contributed by atoms with Crippen LogP contribution in [-0.4, -0.2) is 15.7 Å². The molecule has 0 atom stereocenters. The highest BCUT2D eigenvalue weighted by atomic mass is 127. The molecule has 0 spiro atoms. The molecule has 4 nitrogen and oxygen atoms in total. The lowest BCUT2D eigenvalue weighted by molar-refractivity contribution is 0.102. The standard InChI is InChI=1S/C19H17BrIN3O/c20-12-9-16(19(25)23-14-7-5-13(21)6-8-14)17-11-22-24(18(17)10-12)15-3-1-2-4-15/h5-11,15H,1-4H2,(H,23,25). The molecule has 0 aliphatic heterocycles. The third-order valence-corrected chi connectivity index (χ3v) is 5.88. The predicted molar refractivity (Wildman–Crippen MR) is 112 cm³/mol. The second-order valence-corrected chi connectivity index (χ2v) is 8.54. The molecule has 4 rings (SSSR count). The van der Waals surface area contributed by atoms with Crippen LogP contribution in [0.5, 0.6) is 0 Å². The number of fused-ring (bicyclic) bond motifs is 1. The van der Waals surface area contributed by atoms with Gasteiger partial charge in [0, 0.05) is 19.1 Å². The first-order valence-corrected chi connectivity index (χ1v) is 10.2. The summed E-state index contributed by atoms with van der Waals surface area (Å²) in [6, 6.07) is 12.1. The van der Waals surface area contributed by atoms with Crippen molar-refractivity contribution in [3.8, 4) is 0 Å². The first-order valence-electron chi connectivity index (χ1n) is 8.35. The van der Waals surface area contributed by atoms with Crippen molar-refractivity contribution < 1.29 is 4.79 Å². The topological polar surface area (TPSA) is 46.9 Å². The lowest BCUT2D eigenvalue weighted by Crippen LogP contribution is -2.12. The summed E-state index contributed by atoms with van der Waals surface area (Å²) in [5, 5.41) is 8.48. The summed E-state index contributed by atoms with van der Waals surface area (Å²) in [6.07, 6.45) is 6.64. The Morgan fingerprint density at radius 1 is 1.20 bits per heavy atom. The van der Waals surface area contributed by atoms with Crippen LogP contribution < -0.4 is 5.32 Å². The number of nitrogens with zero attached hydrogens (tertiary/aromatic N) is 2. The Bertz CT molecular complexity index is 930. The number of hydrogen-bond acceptors (Lipinski definition) is 2. The zero-order valence-electron chi connectivity index (χ0n) is 13.5. The van der Waals surface area contributed by atoms with Crippen LogP contribution in [0.25, 0.3) is 10.9 Å². The summed E-state index contributed by atoms with van der Waals surface area (Å²) in [5.74, 6) is -0.113. The van der Waals surface area contributed by atoms with Crippen molar-refractivity contribution in [3.05, 3.63) is 56.2 Å². The number of anilines is 1. The number of aromatic nitrogens is 2. The van der Waals surface area contributed by atoms with Gasteiger partial charge >= 0.3 is 0 Å². The molecule has 0 saturated heterocycles. The molecule has 1 amide bonds. The maximum atomic E-state index is 12.8. The van der Waals surface area contributed by atoms with E-state index >= 15 is 0 Å². The Balaban J connectivity index is 1.71. The van der Waals surface area contributed by atoms with Crippen LogP contribution in [0.2, 0.25) is 0 Å². The van der Waals surface area contributed by atoms with E-state index in [1.807, 2.05) is 36.5 Å². The van der Waals surface area contributed by atoms with Gasteiger partial charge in [-0.25, -0.2) is 0 Å². The molecule has 0 unspecified atom stereocenters. The summed E-state index contributed by atoms with van der Waals surface area (Å²) in [5.41, 5.74) is 2.46. The Morgan fingerprint density at radius 3 is 2.64 bits per heavy atom. The Hall–Kier alpha value is -1.41. The van der Waals surface area contributed by atoms with Crippen molar-refractivity contribution in [3.63, 3.8) is 0 Å². The van der Waals surface area contributed by atoms with Gasteiger partial charge in [-0.1, -0.05) is 28.8 Å². The van der Waals surface area contributed by atoms with E-state index in [4.69, 9.17) is 0 Å². The number of carbonyl (C=O) groups excluding carboxylic acids is 1. The molecule has 1 fully saturated rings. The highest BCUT2D eigenvalue weighted by molar-refractivity contribution is 14.1. The Kier molecular flexibility index (Phi) is 4.82. The van der Waals surface area contributed by atoms with Crippen molar-refractivity contribution in [2.75, 3.05) is 5.32 Å². The van der Waals surface area contributed by atoms with E-state index in [1.54, 1.807) is 0 Å². The molecular formula is C19H17BrIN3O. The maximum Gasteiger partial charge on any atom is 0.256 e. The molecule has 1 saturated carbocycles. The number of carbonyl (C=O) groups is 1. The lowest BCUT2D eigenvalue weighted by Gasteiger charge is -2.12. The van der Waals surface area contributed by atoms with Crippen LogP contribution in [0, 0.1) is 3.57 Å². The smallest absolute Gasteiger partial charge is 0.256 e. The molecule has 0 radical (unpaired) electrons. The van der Waals surface area contributed by atoms with Crippen LogP contribution in [0.3, 0.4) is 0 Å². The van der Waals surface area contributed by atoms with E-state index in [-0.39, 0.29) is 5.91 Å². The number of amides is 1. The number of rotatable bonds is 3. The Labute approximate surface area is 168 Å². The van der Waals surface area contributed by atoms with E-state index in [1.165, 1.54) is 12.8 Å². The van der Waals surface area contributed by atoms with Crippen LogP contribution in [-0.2, 0) is 0 Å². The molecular weight excluding hydrogens is 493 g/mol. The zero-order chi connectivity index (χ0) is 17.4. The van der Waals surface area contributed by atoms with Crippen molar-refractivity contribution in [2.45, 2.75) is 31.7 Å². The summed E-state index contributed by atoms with van der Waals surface area (Å²) in [7, 11) is 0. The van der Waals surface area contributed by atoms with Gasteiger partial charge in [0.15, 0.2) is 0 Å².